The molecule has 3 aromatic rings. The zero-order chi connectivity index (χ0) is 22.5. The van der Waals surface area contributed by atoms with Gasteiger partial charge < -0.3 is 34.3 Å². The zero-order valence-corrected chi connectivity index (χ0v) is 17.4. The van der Waals surface area contributed by atoms with Gasteiger partial charge in [-0.2, -0.15) is 0 Å². The summed E-state index contributed by atoms with van der Waals surface area (Å²) in [6.45, 7) is 6.64. The van der Waals surface area contributed by atoms with E-state index in [0.29, 0.717) is 11.3 Å². The van der Waals surface area contributed by atoms with Crippen LogP contribution >= 0.6 is 0 Å². The van der Waals surface area contributed by atoms with Crippen molar-refractivity contribution < 1.29 is 34.3 Å². The highest BCUT2D eigenvalue weighted by Gasteiger charge is 2.46. The highest BCUT2D eigenvalue weighted by molar-refractivity contribution is 5.99. The van der Waals surface area contributed by atoms with Gasteiger partial charge in [-0.3, -0.25) is 4.79 Å². The summed E-state index contributed by atoms with van der Waals surface area (Å²) in [5, 5.41) is 42.4. The Morgan fingerprint density at radius 2 is 1.87 bits per heavy atom. The van der Waals surface area contributed by atoms with Gasteiger partial charge in [0.15, 0.2) is 17.6 Å². The molecule has 0 saturated heterocycles. The lowest BCUT2D eigenvalue weighted by Gasteiger charge is -2.28. The van der Waals surface area contributed by atoms with Crippen molar-refractivity contribution in [3.63, 3.8) is 0 Å². The SMILES string of the molecule is CC1(C)C=Cc2c(cc3oc4c5c(c(O)cc4c(=O)c3c2O)O[C@H](C(C)(C)O)[C@H]5O)O1. The summed E-state index contributed by atoms with van der Waals surface area (Å²) < 4.78 is 17.5. The number of ether oxygens (including phenoxy) is 2. The van der Waals surface area contributed by atoms with E-state index in [0.717, 1.165) is 0 Å². The van der Waals surface area contributed by atoms with Crippen LogP contribution in [0.25, 0.3) is 28.0 Å². The average molecular weight is 426 g/mol. The van der Waals surface area contributed by atoms with Gasteiger partial charge in [-0.15, -0.1) is 0 Å². The van der Waals surface area contributed by atoms with E-state index in [4.69, 9.17) is 13.9 Å². The summed E-state index contributed by atoms with van der Waals surface area (Å²) in [6.07, 6.45) is 1.02. The molecule has 0 unspecified atom stereocenters. The molecule has 5 rings (SSSR count). The largest absolute Gasteiger partial charge is 0.506 e. The Labute approximate surface area is 176 Å². The van der Waals surface area contributed by atoms with Gasteiger partial charge in [0.1, 0.15) is 39.8 Å². The highest BCUT2D eigenvalue weighted by Crippen LogP contribution is 2.50. The molecule has 4 N–H and O–H groups in total. The van der Waals surface area contributed by atoms with Gasteiger partial charge in [0, 0.05) is 6.07 Å². The van der Waals surface area contributed by atoms with Crippen LogP contribution in [0.1, 0.15) is 44.9 Å². The Bertz CT molecular complexity index is 1360. The van der Waals surface area contributed by atoms with Gasteiger partial charge in [0.2, 0.25) is 5.43 Å². The number of aromatic hydroxyl groups is 2. The molecule has 0 radical (unpaired) electrons. The van der Waals surface area contributed by atoms with Crippen molar-refractivity contribution in [3.05, 3.63) is 39.6 Å². The monoisotopic (exact) mass is 426 g/mol. The maximum atomic E-state index is 13.3. The first-order valence-corrected chi connectivity index (χ1v) is 9.87. The Hall–Kier alpha value is -3.23. The molecule has 0 bridgehead atoms. The predicted octanol–water partition coefficient (Wildman–Crippen LogP) is 3.11. The molecule has 3 heterocycles. The van der Waals surface area contributed by atoms with Gasteiger partial charge in [0.25, 0.3) is 0 Å². The van der Waals surface area contributed by atoms with Crippen molar-refractivity contribution in [2.45, 2.75) is 51.1 Å². The third-order valence-electron chi connectivity index (χ3n) is 5.75. The van der Waals surface area contributed by atoms with Crippen molar-refractivity contribution in [1.82, 2.24) is 0 Å². The Morgan fingerprint density at radius 3 is 2.55 bits per heavy atom. The minimum atomic E-state index is -1.43. The van der Waals surface area contributed by atoms with Crippen LogP contribution in [-0.4, -0.2) is 37.7 Å². The van der Waals surface area contributed by atoms with Crippen LogP contribution in [0.5, 0.6) is 23.0 Å². The van der Waals surface area contributed by atoms with Crippen LogP contribution in [0.2, 0.25) is 0 Å². The third-order valence-corrected chi connectivity index (χ3v) is 5.75. The van der Waals surface area contributed by atoms with Crippen molar-refractivity contribution >= 4 is 28.0 Å². The lowest BCUT2D eigenvalue weighted by molar-refractivity contribution is -0.0765. The van der Waals surface area contributed by atoms with Gasteiger partial charge in [-0.25, -0.2) is 0 Å². The molecule has 8 nitrogen and oxygen atoms in total. The molecule has 0 amide bonds. The second-order valence-electron chi connectivity index (χ2n) is 9.13. The Kier molecular flexibility index (Phi) is 3.77. The standard InChI is InChI=1S/C23H22O8/c1-22(2)6-5-9-12(31-22)8-13-14(16(9)25)17(26)10-7-11(24)20-15(19(10)29-13)18(27)21(30-20)23(3,4)28/h5-8,18,21,24-25,27-28H,1-4H3/t18-,21-/m0/s1. The molecule has 0 aliphatic carbocycles. The number of phenolic OH excluding ortho intramolecular Hbond substituents is 2. The molecule has 1 aromatic heterocycles. The number of aliphatic hydroxyl groups is 2. The number of aliphatic hydroxyl groups excluding tert-OH is 1. The third kappa shape index (κ3) is 2.72. The number of hydrogen-bond donors (Lipinski definition) is 4. The first-order valence-electron chi connectivity index (χ1n) is 9.87. The summed E-state index contributed by atoms with van der Waals surface area (Å²) in [5.74, 6) is -0.373. The summed E-state index contributed by atoms with van der Waals surface area (Å²) in [4.78, 5) is 13.3. The van der Waals surface area contributed by atoms with Gasteiger partial charge in [-0.05, 0) is 45.9 Å². The minimum Gasteiger partial charge on any atom is -0.506 e. The van der Waals surface area contributed by atoms with Gasteiger partial charge in [0.05, 0.1) is 22.1 Å². The highest BCUT2D eigenvalue weighted by atomic mass is 16.5. The van der Waals surface area contributed by atoms with Gasteiger partial charge >= 0.3 is 0 Å². The molecule has 2 aromatic carbocycles. The molecule has 162 valence electrons. The van der Waals surface area contributed by atoms with Crippen LogP contribution in [-0.2, 0) is 0 Å². The molecule has 8 heteroatoms. The maximum absolute atomic E-state index is 13.3. The first-order chi connectivity index (χ1) is 14.4. The van der Waals surface area contributed by atoms with Crippen LogP contribution in [0.15, 0.2) is 27.4 Å². The van der Waals surface area contributed by atoms with E-state index in [-0.39, 0.29) is 44.8 Å². The fourth-order valence-electron chi connectivity index (χ4n) is 4.23. The van der Waals surface area contributed by atoms with Crippen molar-refractivity contribution in [2.75, 3.05) is 0 Å². The van der Waals surface area contributed by atoms with E-state index in [1.165, 1.54) is 26.0 Å². The Balaban J connectivity index is 1.85. The molecular weight excluding hydrogens is 404 g/mol. The molecule has 2 atom stereocenters. The van der Waals surface area contributed by atoms with E-state index in [1.807, 2.05) is 13.8 Å². The predicted molar refractivity (Wildman–Crippen MR) is 113 cm³/mol. The fraction of sp³-hybridized carbons (Fsp3) is 0.348. The minimum absolute atomic E-state index is 0.00881. The lowest BCUT2D eigenvalue weighted by atomic mass is 9.93. The zero-order valence-electron chi connectivity index (χ0n) is 17.4. The molecular formula is C23H22O8. The topological polar surface area (TPSA) is 130 Å². The maximum Gasteiger partial charge on any atom is 0.204 e. The smallest absolute Gasteiger partial charge is 0.204 e. The normalized spacial score (nSPS) is 21.6. The summed E-state index contributed by atoms with van der Waals surface area (Å²) >= 11 is 0. The second kappa shape index (κ2) is 5.93. The summed E-state index contributed by atoms with van der Waals surface area (Å²) in [6, 6.07) is 2.69. The number of rotatable bonds is 1. The van der Waals surface area contributed by atoms with Crippen molar-refractivity contribution in [3.8, 4) is 23.0 Å². The van der Waals surface area contributed by atoms with Crippen LogP contribution in [0.4, 0.5) is 0 Å². The average Bonchev–Trinajstić information content (AvgIpc) is 3.00. The second-order valence-corrected chi connectivity index (χ2v) is 9.13. The number of fused-ring (bicyclic) bond motifs is 5. The Morgan fingerprint density at radius 1 is 1.16 bits per heavy atom. The molecule has 0 saturated carbocycles. The molecule has 31 heavy (non-hydrogen) atoms. The number of phenols is 2. The lowest BCUT2D eigenvalue weighted by Crippen LogP contribution is -2.41. The quantitative estimate of drug-likeness (QED) is 0.437. The van der Waals surface area contributed by atoms with E-state index in [1.54, 1.807) is 12.2 Å². The fourth-order valence-corrected chi connectivity index (χ4v) is 4.23. The summed E-state index contributed by atoms with van der Waals surface area (Å²) in [7, 11) is 0. The summed E-state index contributed by atoms with van der Waals surface area (Å²) in [5.41, 5.74) is -2.12. The molecule has 2 aliphatic rings. The van der Waals surface area contributed by atoms with Gasteiger partial charge in [-0.1, -0.05) is 0 Å². The van der Waals surface area contributed by atoms with E-state index in [9.17, 15) is 25.2 Å². The molecule has 0 fully saturated rings. The van der Waals surface area contributed by atoms with Crippen molar-refractivity contribution in [2.24, 2.45) is 0 Å². The molecule has 2 aliphatic heterocycles. The van der Waals surface area contributed by atoms with E-state index in [2.05, 4.69) is 0 Å². The van der Waals surface area contributed by atoms with E-state index >= 15 is 0 Å². The van der Waals surface area contributed by atoms with Crippen LogP contribution in [0, 0.1) is 0 Å². The number of hydrogen-bond acceptors (Lipinski definition) is 8. The van der Waals surface area contributed by atoms with Crippen molar-refractivity contribution in [1.29, 1.82) is 0 Å². The number of benzene rings is 2. The van der Waals surface area contributed by atoms with Crippen LogP contribution in [0.3, 0.4) is 0 Å². The molecule has 0 spiro atoms. The first kappa shape index (κ1) is 19.7. The van der Waals surface area contributed by atoms with Crippen LogP contribution < -0.4 is 14.9 Å². The van der Waals surface area contributed by atoms with E-state index < -0.39 is 28.8 Å².